The number of aliphatic hydroxyl groups is 1. The van der Waals surface area contributed by atoms with Gasteiger partial charge < -0.3 is 19.3 Å². The molecule has 0 bridgehead atoms. The van der Waals surface area contributed by atoms with E-state index in [1.54, 1.807) is 0 Å². The first-order chi connectivity index (χ1) is 13.4. The molecule has 0 aliphatic heterocycles. The van der Waals surface area contributed by atoms with Crippen LogP contribution in [0.15, 0.2) is 54.6 Å². The number of aliphatic hydroxyl groups excluding tert-OH is 1. The summed E-state index contributed by atoms with van der Waals surface area (Å²) in [6.07, 6.45) is -0.163. The minimum Gasteiger partial charge on any atom is -0.491 e. The zero-order chi connectivity index (χ0) is 20.4. The highest BCUT2D eigenvalue weighted by Crippen LogP contribution is 2.22. The van der Waals surface area contributed by atoms with Crippen LogP contribution < -0.4 is 4.74 Å². The maximum Gasteiger partial charge on any atom is 0.311 e. The van der Waals surface area contributed by atoms with Crippen LogP contribution in [0.3, 0.4) is 0 Å². The van der Waals surface area contributed by atoms with Gasteiger partial charge in [0.25, 0.3) is 0 Å². The van der Waals surface area contributed by atoms with Gasteiger partial charge in [-0.25, -0.2) is 0 Å². The Morgan fingerprint density at radius 1 is 0.964 bits per heavy atom. The summed E-state index contributed by atoms with van der Waals surface area (Å²) < 4.78 is 16.2. The maximum atomic E-state index is 11.9. The minimum absolute atomic E-state index is 0.0654. The van der Waals surface area contributed by atoms with Gasteiger partial charge in [0.15, 0.2) is 0 Å². The monoisotopic (exact) mass is 386 g/mol. The zero-order valence-electron chi connectivity index (χ0n) is 16.9. The van der Waals surface area contributed by atoms with Gasteiger partial charge in [-0.1, -0.05) is 49.4 Å². The summed E-state index contributed by atoms with van der Waals surface area (Å²) in [5.41, 5.74) is 1.76. The summed E-state index contributed by atoms with van der Waals surface area (Å²) in [4.78, 5) is 11.9. The van der Waals surface area contributed by atoms with Gasteiger partial charge in [0.2, 0.25) is 0 Å². The highest BCUT2D eigenvalue weighted by atomic mass is 16.6. The van der Waals surface area contributed by atoms with E-state index >= 15 is 0 Å². The van der Waals surface area contributed by atoms with E-state index in [-0.39, 0.29) is 19.2 Å². The van der Waals surface area contributed by atoms with Crippen LogP contribution in [0.2, 0.25) is 0 Å². The molecule has 0 amide bonds. The van der Waals surface area contributed by atoms with Crippen LogP contribution in [0.25, 0.3) is 11.1 Å². The number of hydrogen-bond acceptors (Lipinski definition) is 5. The topological polar surface area (TPSA) is 65.0 Å². The molecule has 0 aliphatic rings. The standard InChI is InChI=1S/C23H30O5/c1-4-23(2,3)22(25)28-17-20(24)16-26-14-15-27-21-12-10-19(11-13-21)18-8-6-5-7-9-18/h5-13,20,24H,4,14-17H2,1-3H3. The van der Waals surface area contributed by atoms with Crippen molar-refractivity contribution in [2.24, 2.45) is 5.41 Å². The van der Waals surface area contributed by atoms with Gasteiger partial charge in [-0.15, -0.1) is 0 Å². The second-order valence-electron chi connectivity index (χ2n) is 7.30. The predicted octanol–water partition coefficient (Wildman–Crippen LogP) is 4.09. The largest absolute Gasteiger partial charge is 0.491 e. The number of carbonyl (C=O) groups is 1. The molecule has 0 saturated heterocycles. The molecule has 5 heteroatoms. The molecule has 5 nitrogen and oxygen atoms in total. The number of ether oxygens (including phenoxy) is 3. The van der Waals surface area contributed by atoms with Crippen molar-refractivity contribution < 1.29 is 24.1 Å². The average Bonchev–Trinajstić information content (AvgIpc) is 2.72. The fourth-order valence-corrected chi connectivity index (χ4v) is 2.37. The van der Waals surface area contributed by atoms with E-state index in [0.717, 1.165) is 16.9 Å². The summed E-state index contributed by atoms with van der Waals surface area (Å²) in [6, 6.07) is 18.0. The lowest BCUT2D eigenvalue weighted by Crippen LogP contribution is -2.31. The highest BCUT2D eigenvalue weighted by Gasteiger charge is 2.27. The van der Waals surface area contributed by atoms with Crippen LogP contribution in [0.5, 0.6) is 5.75 Å². The van der Waals surface area contributed by atoms with Crippen molar-refractivity contribution in [2.45, 2.75) is 33.3 Å². The lowest BCUT2D eigenvalue weighted by Gasteiger charge is -2.21. The zero-order valence-corrected chi connectivity index (χ0v) is 16.9. The van der Waals surface area contributed by atoms with E-state index in [1.807, 2.05) is 63.2 Å². The van der Waals surface area contributed by atoms with Crippen LogP contribution >= 0.6 is 0 Å². The van der Waals surface area contributed by atoms with Crippen molar-refractivity contribution in [3.8, 4) is 16.9 Å². The van der Waals surface area contributed by atoms with Gasteiger partial charge >= 0.3 is 5.97 Å². The fourth-order valence-electron chi connectivity index (χ4n) is 2.37. The Hall–Kier alpha value is -2.37. The first-order valence-electron chi connectivity index (χ1n) is 9.63. The molecule has 0 spiro atoms. The van der Waals surface area contributed by atoms with Crippen molar-refractivity contribution in [1.29, 1.82) is 0 Å². The first kappa shape index (κ1) is 21.9. The predicted molar refractivity (Wildman–Crippen MR) is 109 cm³/mol. The summed E-state index contributed by atoms with van der Waals surface area (Å²) in [5.74, 6) is 0.455. The molecule has 2 rings (SSSR count). The second kappa shape index (κ2) is 10.8. The number of carbonyl (C=O) groups excluding carboxylic acids is 1. The van der Waals surface area contributed by atoms with Gasteiger partial charge in [-0.2, -0.15) is 0 Å². The molecule has 1 N–H and O–H groups in total. The Balaban J connectivity index is 1.62. The Morgan fingerprint density at radius 3 is 2.25 bits per heavy atom. The molecule has 2 aromatic carbocycles. The van der Waals surface area contributed by atoms with Crippen LogP contribution in [-0.4, -0.2) is 43.6 Å². The Kier molecular flexibility index (Phi) is 8.48. The lowest BCUT2D eigenvalue weighted by molar-refractivity contribution is -0.158. The molecule has 1 atom stereocenters. The molecule has 0 aliphatic carbocycles. The smallest absolute Gasteiger partial charge is 0.311 e. The van der Waals surface area contributed by atoms with Crippen LogP contribution in [-0.2, 0) is 14.3 Å². The van der Waals surface area contributed by atoms with E-state index in [9.17, 15) is 9.90 Å². The van der Waals surface area contributed by atoms with Crippen LogP contribution in [0, 0.1) is 5.41 Å². The van der Waals surface area contributed by atoms with E-state index in [1.165, 1.54) is 0 Å². The molecular formula is C23H30O5. The van der Waals surface area contributed by atoms with Crippen molar-refractivity contribution >= 4 is 5.97 Å². The molecule has 0 saturated carbocycles. The molecule has 152 valence electrons. The van der Waals surface area contributed by atoms with Crippen molar-refractivity contribution in [3.05, 3.63) is 54.6 Å². The van der Waals surface area contributed by atoms with Crippen molar-refractivity contribution in [1.82, 2.24) is 0 Å². The Bertz CT molecular complexity index is 710. The minimum atomic E-state index is -0.846. The molecule has 0 radical (unpaired) electrons. The number of benzene rings is 2. The second-order valence-corrected chi connectivity index (χ2v) is 7.30. The Morgan fingerprint density at radius 2 is 1.61 bits per heavy atom. The van der Waals surface area contributed by atoms with Gasteiger partial charge in [0.05, 0.1) is 18.6 Å². The summed E-state index contributed by atoms with van der Waals surface area (Å²) >= 11 is 0. The van der Waals surface area contributed by atoms with Gasteiger partial charge in [0, 0.05) is 0 Å². The third-order valence-electron chi connectivity index (χ3n) is 4.61. The number of rotatable bonds is 11. The van der Waals surface area contributed by atoms with E-state index in [0.29, 0.717) is 19.6 Å². The number of hydrogen-bond donors (Lipinski definition) is 1. The molecule has 0 aromatic heterocycles. The quantitative estimate of drug-likeness (QED) is 0.465. The highest BCUT2D eigenvalue weighted by molar-refractivity contribution is 5.75. The van der Waals surface area contributed by atoms with Gasteiger partial charge in [-0.05, 0) is 43.5 Å². The maximum absolute atomic E-state index is 11.9. The molecule has 0 fully saturated rings. The normalized spacial score (nSPS) is 12.4. The molecule has 28 heavy (non-hydrogen) atoms. The molecular weight excluding hydrogens is 356 g/mol. The lowest BCUT2D eigenvalue weighted by atomic mass is 9.91. The molecule has 0 heterocycles. The summed E-state index contributed by atoms with van der Waals surface area (Å²) in [5, 5.41) is 9.85. The van der Waals surface area contributed by atoms with Crippen molar-refractivity contribution in [3.63, 3.8) is 0 Å². The van der Waals surface area contributed by atoms with Crippen molar-refractivity contribution in [2.75, 3.05) is 26.4 Å². The third kappa shape index (κ3) is 6.98. The van der Waals surface area contributed by atoms with Crippen LogP contribution in [0.1, 0.15) is 27.2 Å². The average molecular weight is 386 g/mol. The molecule has 1 unspecified atom stereocenters. The fraction of sp³-hybridized carbons (Fsp3) is 0.435. The van der Waals surface area contributed by atoms with E-state index in [4.69, 9.17) is 14.2 Å². The SMILES string of the molecule is CCC(C)(C)C(=O)OCC(O)COCCOc1ccc(-c2ccccc2)cc1. The van der Waals surface area contributed by atoms with E-state index < -0.39 is 11.5 Å². The van der Waals surface area contributed by atoms with E-state index in [2.05, 4.69) is 12.1 Å². The van der Waals surface area contributed by atoms with Gasteiger partial charge in [-0.3, -0.25) is 4.79 Å². The summed E-state index contributed by atoms with van der Waals surface area (Å²) in [6.45, 7) is 6.31. The third-order valence-corrected chi connectivity index (χ3v) is 4.61. The molecule has 2 aromatic rings. The first-order valence-corrected chi connectivity index (χ1v) is 9.63. The van der Waals surface area contributed by atoms with Crippen LogP contribution in [0.4, 0.5) is 0 Å². The van der Waals surface area contributed by atoms with Gasteiger partial charge in [0.1, 0.15) is 25.1 Å². The summed E-state index contributed by atoms with van der Waals surface area (Å²) in [7, 11) is 0. The number of esters is 1. The Labute approximate surface area is 167 Å².